The fourth-order valence-corrected chi connectivity index (χ4v) is 1.43. The van der Waals surface area contributed by atoms with Crippen molar-refractivity contribution < 1.29 is 5.11 Å². The molecule has 1 N–H and O–H groups in total. The molecule has 11 heavy (non-hydrogen) atoms. The second-order valence-electron chi connectivity index (χ2n) is 1.75. The van der Waals surface area contributed by atoms with Crippen molar-refractivity contribution in [2.75, 3.05) is 12.5 Å². The summed E-state index contributed by atoms with van der Waals surface area (Å²) >= 11 is 2.87. The molecular formula is C6H8N2OS2. The van der Waals surface area contributed by atoms with Crippen LogP contribution in [0.15, 0.2) is 16.4 Å². The Bertz CT molecular complexity index is 254. The van der Waals surface area contributed by atoms with Gasteiger partial charge in [-0.05, 0) is 12.5 Å². The van der Waals surface area contributed by atoms with Crippen molar-refractivity contribution in [3.8, 4) is 5.75 Å². The van der Waals surface area contributed by atoms with Gasteiger partial charge in [0.05, 0.1) is 6.20 Å². The van der Waals surface area contributed by atoms with Crippen LogP contribution in [-0.2, 0) is 0 Å². The molecule has 1 aromatic rings. The van der Waals surface area contributed by atoms with Gasteiger partial charge in [0.25, 0.3) is 0 Å². The molecule has 0 spiro atoms. The molecule has 0 atom stereocenters. The Labute approximate surface area is 73.6 Å². The molecule has 3 nitrogen and oxygen atoms in total. The van der Waals surface area contributed by atoms with Gasteiger partial charge < -0.3 is 5.11 Å². The lowest BCUT2D eigenvalue weighted by Crippen LogP contribution is -1.87. The van der Waals surface area contributed by atoms with E-state index in [0.29, 0.717) is 10.2 Å². The average Bonchev–Trinajstić information content (AvgIpc) is 2.05. The standard InChI is InChI=1S/C6H8N2OS2/c1-10-5-4(9)3-7-6(8-5)11-2/h3,9H,1-2H3. The average molecular weight is 188 g/mol. The van der Waals surface area contributed by atoms with Crippen LogP contribution in [0.25, 0.3) is 0 Å². The highest BCUT2D eigenvalue weighted by Crippen LogP contribution is 2.24. The van der Waals surface area contributed by atoms with E-state index < -0.39 is 0 Å². The maximum atomic E-state index is 9.18. The van der Waals surface area contributed by atoms with Crippen LogP contribution in [-0.4, -0.2) is 27.6 Å². The minimum atomic E-state index is 0.148. The highest BCUT2D eigenvalue weighted by atomic mass is 32.2. The minimum absolute atomic E-state index is 0.148. The predicted octanol–water partition coefficient (Wildman–Crippen LogP) is 1.63. The highest BCUT2D eigenvalue weighted by Gasteiger charge is 2.02. The maximum Gasteiger partial charge on any atom is 0.188 e. The summed E-state index contributed by atoms with van der Waals surface area (Å²) < 4.78 is 0. The molecule has 1 rings (SSSR count). The summed E-state index contributed by atoms with van der Waals surface area (Å²) in [5.74, 6) is 0.148. The Hall–Kier alpha value is -0.420. The monoisotopic (exact) mass is 188 g/mol. The Morgan fingerprint density at radius 3 is 2.64 bits per heavy atom. The van der Waals surface area contributed by atoms with Gasteiger partial charge in [0.2, 0.25) is 0 Å². The first-order valence-corrected chi connectivity index (χ1v) is 5.37. The van der Waals surface area contributed by atoms with Gasteiger partial charge in [-0.3, -0.25) is 0 Å². The summed E-state index contributed by atoms with van der Waals surface area (Å²) in [5.41, 5.74) is 0. The molecule has 0 saturated heterocycles. The molecule has 1 aromatic heterocycles. The van der Waals surface area contributed by atoms with Crippen molar-refractivity contribution in [2.45, 2.75) is 10.2 Å². The summed E-state index contributed by atoms with van der Waals surface area (Å²) in [6, 6.07) is 0. The van der Waals surface area contributed by atoms with Crippen molar-refractivity contribution in [1.29, 1.82) is 0 Å². The number of hydrogen-bond acceptors (Lipinski definition) is 5. The molecule has 0 aliphatic heterocycles. The summed E-state index contributed by atoms with van der Waals surface area (Å²) in [6.45, 7) is 0. The Balaban J connectivity index is 3.02. The predicted molar refractivity (Wildman–Crippen MR) is 47.3 cm³/mol. The third-order valence-corrected chi connectivity index (χ3v) is 2.34. The zero-order valence-electron chi connectivity index (χ0n) is 6.24. The van der Waals surface area contributed by atoms with Crippen molar-refractivity contribution in [3.63, 3.8) is 0 Å². The molecule has 1 heterocycles. The van der Waals surface area contributed by atoms with Gasteiger partial charge in [0.15, 0.2) is 10.9 Å². The molecule has 0 saturated carbocycles. The van der Waals surface area contributed by atoms with Crippen molar-refractivity contribution in [1.82, 2.24) is 9.97 Å². The fraction of sp³-hybridized carbons (Fsp3) is 0.333. The second kappa shape index (κ2) is 3.82. The van der Waals surface area contributed by atoms with Crippen LogP contribution in [0, 0.1) is 0 Å². The number of aromatic nitrogens is 2. The van der Waals surface area contributed by atoms with Crippen LogP contribution in [0.2, 0.25) is 0 Å². The van der Waals surface area contributed by atoms with E-state index in [1.54, 1.807) is 0 Å². The third kappa shape index (κ3) is 2.00. The number of rotatable bonds is 2. The first kappa shape index (κ1) is 8.67. The van der Waals surface area contributed by atoms with E-state index in [9.17, 15) is 5.11 Å². The highest BCUT2D eigenvalue weighted by molar-refractivity contribution is 7.99. The van der Waals surface area contributed by atoms with Gasteiger partial charge in [0.1, 0.15) is 5.03 Å². The van der Waals surface area contributed by atoms with Crippen molar-refractivity contribution >= 4 is 23.5 Å². The molecule has 0 aliphatic carbocycles. The minimum Gasteiger partial charge on any atom is -0.504 e. The third-order valence-electron chi connectivity index (χ3n) is 1.09. The topological polar surface area (TPSA) is 46.0 Å². The lowest BCUT2D eigenvalue weighted by atomic mass is 10.6. The van der Waals surface area contributed by atoms with Crippen LogP contribution in [0.4, 0.5) is 0 Å². The zero-order valence-corrected chi connectivity index (χ0v) is 7.87. The fourth-order valence-electron chi connectivity index (χ4n) is 0.593. The van der Waals surface area contributed by atoms with Gasteiger partial charge in [-0.25, -0.2) is 9.97 Å². The van der Waals surface area contributed by atoms with E-state index in [0.717, 1.165) is 0 Å². The van der Waals surface area contributed by atoms with E-state index in [-0.39, 0.29) is 5.75 Å². The van der Waals surface area contributed by atoms with Gasteiger partial charge in [-0.2, -0.15) is 0 Å². The first-order chi connectivity index (χ1) is 5.27. The molecule has 0 aromatic carbocycles. The second-order valence-corrected chi connectivity index (χ2v) is 3.32. The molecule has 60 valence electrons. The molecule has 0 fully saturated rings. The summed E-state index contributed by atoms with van der Waals surface area (Å²) in [6.07, 6.45) is 5.19. The Morgan fingerprint density at radius 2 is 2.09 bits per heavy atom. The smallest absolute Gasteiger partial charge is 0.188 e. The van der Waals surface area contributed by atoms with E-state index in [2.05, 4.69) is 9.97 Å². The van der Waals surface area contributed by atoms with Crippen LogP contribution in [0.3, 0.4) is 0 Å². The molecule has 0 aliphatic rings. The summed E-state index contributed by atoms with van der Waals surface area (Å²) in [4.78, 5) is 7.97. The van der Waals surface area contributed by atoms with E-state index >= 15 is 0 Å². The van der Waals surface area contributed by atoms with Crippen LogP contribution >= 0.6 is 23.5 Å². The van der Waals surface area contributed by atoms with E-state index in [4.69, 9.17) is 0 Å². The van der Waals surface area contributed by atoms with Crippen LogP contribution in [0.1, 0.15) is 0 Å². The zero-order chi connectivity index (χ0) is 8.27. The summed E-state index contributed by atoms with van der Waals surface area (Å²) in [7, 11) is 0. The van der Waals surface area contributed by atoms with Crippen LogP contribution in [0.5, 0.6) is 5.75 Å². The Kier molecular flexibility index (Phi) is 3.02. The molecule has 0 amide bonds. The first-order valence-electron chi connectivity index (χ1n) is 2.92. The molecule has 0 radical (unpaired) electrons. The quantitative estimate of drug-likeness (QED) is 0.434. The lowest BCUT2D eigenvalue weighted by Gasteiger charge is -1.99. The summed E-state index contributed by atoms with van der Waals surface area (Å²) in [5, 5.41) is 10.5. The number of hydrogen-bond donors (Lipinski definition) is 1. The SMILES string of the molecule is CSc1ncc(O)c(SC)n1. The molecule has 0 unspecified atom stereocenters. The van der Waals surface area contributed by atoms with Crippen LogP contribution < -0.4 is 0 Å². The number of nitrogens with zero attached hydrogens (tertiary/aromatic N) is 2. The normalized spacial score (nSPS) is 10.0. The lowest BCUT2D eigenvalue weighted by molar-refractivity contribution is 0.449. The Morgan fingerprint density at radius 1 is 1.36 bits per heavy atom. The van der Waals surface area contributed by atoms with Gasteiger partial charge in [-0.15, -0.1) is 11.8 Å². The van der Waals surface area contributed by atoms with E-state index in [1.165, 1.54) is 29.7 Å². The van der Waals surface area contributed by atoms with Crippen molar-refractivity contribution in [3.05, 3.63) is 6.20 Å². The molecular weight excluding hydrogens is 180 g/mol. The molecule has 0 bridgehead atoms. The maximum absolute atomic E-state index is 9.18. The largest absolute Gasteiger partial charge is 0.504 e. The van der Waals surface area contributed by atoms with Crippen molar-refractivity contribution in [2.24, 2.45) is 0 Å². The van der Waals surface area contributed by atoms with Gasteiger partial charge in [-0.1, -0.05) is 11.8 Å². The number of thioether (sulfide) groups is 2. The van der Waals surface area contributed by atoms with Gasteiger partial charge >= 0.3 is 0 Å². The van der Waals surface area contributed by atoms with Gasteiger partial charge in [0, 0.05) is 0 Å². The van der Waals surface area contributed by atoms with E-state index in [1.807, 2.05) is 12.5 Å². The number of aromatic hydroxyl groups is 1. The molecule has 5 heteroatoms.